The van der Waals surface area contributed by atoms with E-state index in [0.717, 1.165) is 5.56 Å². The lowest BCUT2D eigenvalue weighted by Gasteiger charge is -2.15. The van der Waals surface area contributed by atoms with Gasteiger partial charge in [0.15, 0.2) is 0 Å². The predicted octanol–water partition coefficient (Wildman–Crippen LogP) is 0.748. The van der Waals surface area contributed by atoms with Crippen LogP contribution in [0.5, 0.6) is 0 Å². The topological polar surface area (TPSA) is 87.7 Å². The first kappa shape index (κ1) is 16.6. The van der Waals surface area contributed by atoms with Crippen LogP contribution < -0.4 is 10.6 Å². The van der Waals surface area contributed by atoms with Crippen LogP contribution in [-0.4, -0.2) is 50.1 Å². The van der Waals surface area contributed by atoms with Crippen molar-refractivity contribution in [2.24, 2.45) is 0 Å². The summed E-state index contributed by atoms with van der Waals surface area (Å²) in [6, 6.07) is 7.39. The van der Waals surface area contributed by atoms with Crippen LogP contribution in [0.2, 0.25) is 0 Å². The summed E-state index contributed by atoms with van der Waals surface area (Å²) in [6.07, 6.45) is -0.822. The molecule has 0 unspecified atom stereocenters. The first-order chi connectivity index (χ1) is 9.90. The number of likely N-dealkylation sites (N-methyl/N-ethyl adjacent to an activating group) is 1. The number of hydrogen-bond donors (Lipinski definition) is 2. The number of alkyl carbamates (subject to hydrolysis) is 1. The van der Waals surface area contributed by atoms with Crippen molar-refractivity contribution in [2.75, 3.05) is 32.6 Å². The minimum absolute atomic E-state index is 0.0302. The van der Waals surface area contributed by atoms with E-state index in [4.69, 9.17) is 0 Å². The van der Waals surface area contributed by atoms with Gasteiger partial charge in [0.1, 0.15) is 0 Å². The summed E-state index contributed by atoms with van der Waals surface area (Å²) < 4.78 is 4.30. The standard InChI is InChI=1S/C14H19N3O4/c1-10-4-6-11(7-5-10)15-12(18)8-17(2)9-13(19)16-14(20)21-3/h4-7H,8-9H2,1-3H3,(H,15,18)(H,16,19,20). The van der Waals surface area contributed by atoms with E-state index < -0.39 is 12.0 Å². The van der Waals surface area contributed by atoms with Gasteiger partial charge in [0.05, 0.1) is 20.2 Å². The molecule has 0 aromatic heterocycles. The third-order valence-corrected chi connectivity index (χ3v) is 2.59. The van der Waals surface area contributed by atoms with Gasteiger partial charge in [-0.3, -0.25) is 19.8 Å². The number of hydrogen-bond acceptors (Lipinski definition) is 5. The molecule has 1 rings (SSSR count). The van der Waals surface area contributed by atoms with Gasteiger partial charge >= 0.3 is 6.09 Å². The van der Waals surface area contributed by atoms with Gasteiger partial charge in [-0.05, 0) is 26.1 Å². The van der Waals surface area contributed by atoms with E-state index in [1.165, 1.54) is 12.0 Å². The first-order valence-corrected chi connectivity index (χ1v) is 6.33. The van der Waals surface area contributed by atoms with Crippen LogP contribution >= 0.6 is 0 Å². The van der Waals surface area contributed by atoms with Gasteiger partial charge in [-0.2, -0.15) is 0 Å². The number of carbonyl (C=O) groups excluding carboxylic acids is 3. The van der Waals surface area contributed by atoms with E-state index in [9.17, 15) is 14.4 Å². The van der Waals surface area contributed by atoms with Gasteiger partial charge in [-0.1, -0.05) is 17.7 Å². The fourth-order valence-electron chi connectivity index (χ4n) is 1.59. The lowest BCUT2D eigenvalue weighted by atomic mass is 10.2. The van der Waals surface area contributed by atoms with Crippen LogP contribution in [0.3, 0.4) is 0 Å². The lowest BCUT2D eigenvalue weighted by Crippen LogP contribution is -2.41. The minimum atomic E-state index is -0.822. The largest absolute Gasteiger partial charge is 0.453 e. The molecule has 1 aromatic rings. The zero-order chi connectivity index (χ0) is 15.8. The molecule has 0 aliphatic carbocycles. The number of ether oxygens (including phenoxy) is 1. The van der Waals surface area contributed by atoms with Crippen LogP contribution in [0.4, 0.5) is 10.5 Å². The molecule has 114 valence electrons. The lowest BCUT2D eigenvalue weighted by molar-refractivity contribution is -0.122. The molecule has 7 heteroatoms. The third-order valence-electron chi connectivity index (χ3n) is 2.59. The summed E-state index contributed by atoms with van der Waals surface area (Å²) >= 11 is 0. The zero-order valence-electron chi connectivity index (χ0n) is 12.3. The summed E-state index contributed by atoms with van der Waals surface area (Å²) in [4.78, 5) is 35.5. The number of methoxy groups -OCH3 is 1. The van der Waals surface area contributed by atoms with Crippen LogP contribution in [0.25, 0.3) is 0 Å². The molecule has 0 aliphatic rings. The highest BCUT2D eigenvalue weighted by Gasteiger charge is 2.13. The van der Waals surface area contributed by atoms with Crippen LogP contribution in [-0.2, 0) is 14.3 Å². The number of imide groups is 1. The molecule has 0 bridgehead atoms. The van der Waals surface area contributed by atoms with E-state index in [0.29, 0.717) is 5.69 Å². The molecule has 0 spiro atoms. The zero-order valence-corrected chi connectivity index (χ0v) is 12.3. The Hall–Kier alpha value is -2.41. The predicted molar refractivity (Wildman–Crippen MR) is 77.9 cm³/mol. The van der Waals surface area contributed by atoms with Crippen molar-refractivity contribution < 1.29 is 19.1 Å². The van der Waals surface area contributed by atoms with Crippen LogP contribution in [0.15, 0.2) is 24.3 Å². The van der Waals surface area contributed by atoms with E-state index in [1.807, 2.05) is 24.4 Å². The Bertz CT molecular complexity index is 513. The SMILES string of the molecule is COC(=O)NC(=O)CN(C)CC(=O)Nc1ccc(C)cc1. The maximum atomic E-state index is 11.8. The van der Waals surface area contributed by atoms with Crippen molar-refractivity contribution in [3.05, 3.63) is 29.8 Å². The van der Waals surface area contributed by atoms with Crippen molar-refractivity contribution in [1.29, 1.82) is 0 Å². The Kier molecular flexibility index (Phi) is 6.35. The van der Waals surface area contributed by atoms with Gasteiger partial charge in [0.25, 0.3) is 0 Å². The normalized spacial score (nSPS) is 10.1. The summed E-state index contributed by atoms with van der Waals surface area (Å²) in [5, 5.41) is 4.74. The van der Waals surface area contributed by atoms with E-state index in [-0.39, 0.29) is 19.0 Å². The summed E-state index contributed by atoms with van der Waals surface area (Å²) in [5.41, 5.74) is 1.79. The molecule has 21 heavy (non-hydrogen) atoms. The number of nitrogens with zero attached hydrogens (tertiary/aromatic N) is 1. The molecule has 2 N–H and O–H groups in total. The molecule has 0 radical (unpaired) electrons. The highest BCUT2D eigenvalue weighted by atomic mass is 16.5. The Labute approximate surface area is 123 Å². The fourth-order valence-corrected chi connectivity index (χ4v) is 1.59. The van der Waals surface area contributed by atoms with Crippen LogP contribution in [0.1, 0.15) is 5.56 Å². The Morgan fingerprint density at radius 3 is 2.24 bits per heavy atom. The summed E-state index contributed by atoms with van der Waals surface area (Å²) in [7, 11) is 2.77. The van der Waals surface area contributed by atoms with Gasteiger partial charge in [-0.25, -0.2) is 4.79 Å². The summed E-state index contributed by atoms with van der Waals surface area (Å²) in [6.45, 7) is 1.90. The maximum Gasteiger partial charge on any atom is 0.413 e. The number of nitrogens with one attached hydrogen (secondary N) is 2. The monoisotopic (exact) mass is 293 g/mol. The molecular weight excluding hydrogens is 274 g/mol. The van der Waals surface area contributed by atoms with Crippen LogP contribution in [0, 0.1) is 6.92 Å². The quantitative estimate of drug-likeness (QED) is 0.836. The minimum Gasteiger partial charge on any atom is -0.453 e. The van der Waals surface area contributed by atoms with Gasteiger partial charge in [0, 0.05) is 5.69 Å². The van der Waals surface area contributed by atoms with E-state index in [1.54, 1.807) is 19.2 Å². The van der Waals surface area contributed by atoms with E-state index in [2.05, 4.69) is 10.1 Å². The molecule has 0 saturated heterocycles. The number of rotatable bonds is 5. The number of amides is 3. The molecule has 0 saturated carbocycles. The second kappa shape index (κ2) is 8.01. The smallest absolute Gasteiger partial charge is 0.413 e. The molecule has 0 aliphatic heterocycles. The Morgan fingerprint density at radius 2 is 1.67 bits per heavy atom. The molecule has 7 nitrogen and oxygen atoms in total. The van der Waals surface area contributed by atoms with Crippen molar-refractivity contribution in [1.82, 2.24) is 10.2 Å². The van der Waals surface area contributed by atoms with Crippen molar-refractivity contribution in [2.45, 2.75) is 6.92 Å². The fraction of sp³-hybridized carbons (Fsp3) is 0.357. The van der Waals surface area contributed by atoms with Gasteiger partial charge in [0.2, 0.25) is 11.8 Å². The second-order valence-corrected chi connectivity index (χ2v) is 4.63. The maximum absolute atomic E-state index is 11.8. The number of aryl methyl sites for hydroxylation is 1. The molecule has 1 aromatic carbocycles. The molecular formula is C14H19N3O4. The number of benzene rings is 1. The number of anilines is 1. The molecule has 0 atom stereocenters. The van der Waals surface area contributed by atoms with Crippen molar-refractivity contribution in [3.8, 4) is 0 Å². The van der Waals surface area contributed by atoms with E-state index >= 15 is 0 Å². The average Bonchev–Trinajstić information content (AvgIpc) is 2.40. The number of carbonyl (C=O) groups is 3. The first-order valence-electron chi connectivity index (χ1n) is 6.33. The second-order valence-electron chi connectivity index (χ2n) is 4.63. The van der Waals surface area contributed by atoms with Crippen molar-refractivity contribution >= 4 is 23.6 Å². The highest BCUT2D eigenvalue weighted by Crippen LogP contribution is 2.08. The molecule has 3 amide bonds. The Morgan fingerprint density at radius 1 is 1.10 bits per heavy atom. The third kappa shape index (κ3) is 6.53. The van der Waals surface area contributed by atoms with Gasteiger partial charge < -0.3 is 10.1 Å². The molecule has 0 heterocycles. The molecule has 0 fully saturated rings. The Balaban J connectivity index is 2.38. The average molecular weight is 293 g/mol. The van der Waals surface area contributed by atoms with Crippen molar-refractivity contribution in [3.63, 3.8) is 0 Å². The van der Waals surface area contributed by atoms with Gasteiger partial charge in [-0.15, -0.1) is 0 Å². The summed E-state index contributed by atoms with van der Waals surface area (Å²) in [5.74, 6) is -0.778. The highest BCUT2D eigenvalue weighted by molar-refractivity contribution is 5.94.